The smallest absolute Gasteiger partial charge is 0.269 e. The molecule has 2 rings (SSSR count). The van der Waals surface area contributed by atoms with E-state index in [9.17, 15) is 18.5 Å². The predicted molar refractivity (Wildman–Crippen MR) is 79.8 cm³/mol. The first-order valence-electron chi connectivity index (χ1n) is 6.14. The van der Waals surface area contributed by atoms with Crippen molar-refractivity contribution >= 4 is 21.4 Å². The molecular weight excluding hydrogens is 292 g/mol. The zero-order valence-electron chi connectivity index (χ0n) is 11.5. The molecule has 0 aromatic heterocycles. The van der Waals surface area contributed by atoms with Crippen LogP contribution in [0, 0.1) is 24.0 Å². The fourth-order valence-electron chi connectivity index (χ4n) is 1.77. The third-order valence-electron chi connectivity index (χ3n) is 3.12. The quantitative estimate of drug-likeness (QED) is 0.694. The topological polar surface area (TPSA) is 89.3 Å². The van der Waals surface area contributed by atoms with Crippen LogP contribution >= 0.6 is 0 Å². The van der Waals surface area contributed by atoms with E-state index in [0.29, 0.717) is 5.69 Å². The Balaban J connectivity index is 2.29. The molecule has 0 saturated carbocycles. The summed E-state index contributed by atoms with van der Waals surface area (Å²) >= 11 is 0. The Morgan fingerprint density at radius 3 is 2.14 bits per heavy atom. The molecule has 2 aromatic rings. The van der Waals surface area contributed by atoms with Gasteiger partial charge in [0.2, 0.25) is 0 Å². The molecule has 0 fully saturated rings. The van der Waals surface area contributed by atoms with Crippen LogP contribution in [0.4, 0.5) is 11.4 Å². The Bertz CT molecular complexity index is 783. The number of nitrogens with zero attached hydrogens (tertiary/aromatic N) is 1. The Morgan fingerprint density at radius 2 is 1.62 bits per heavy atom. The SMILES string of the molecule is Cc1ccc(NS(=O)(=O)c2ccc([N+](=O)[O-])cc2)cc1C. The van der Waals surface area contributed by atoms with E-state index in [1.807, 2.05) is 19.9 Å². The molecule has 0 amide bonds. The number of nitro benzene ring substituents is 1. The monoisotopic (exact) mass is 306 g/mol. The lowest BCUT2D eigenvalue weighted by Crippen LogP contribution is -2.13. The number of nitrogens with one attached hydrogen (secondary N) is 1. The number of aryl methyl sites for hydroxylation is 2. The van der Waals surface area contributed by atoms with Crippen LogP contribution in [-0.4, -0.2) is 13.3 Å². The van der Waals surface area contributed by atoms with E-state index in [0.717, 1.165) is 23.3 Å². The largest absolute Gasteiger partial charge is 0.280 e. The van der Waals surface area contributed by atoms with Crippen LogP contribution in [0.15, 0.2) is 47.4 Å². The van der Waals surface area contributed by atoms with Crippen molar-refractivity contribution in [3.05, 3.63) is 63.7 Å². The highest BCUT2D eigenvalue weighted by Crippen LogP contribution is 2.20. The van der Waals surface area contributed by atoms with E-state index in [-0.39, 0.29) is 10.6 Å². The number of anilines is 1. The van der Waals surface area contributed by atoms with Gasteiger partial charge in [0.1, 0.15) is 0 Å². The van der Waals surface area contributed by atoms with Gasteiger partial charge in [0, 0.05) is 17.8 Å². The van der Waals surface area contributed by atoms with Gasteiger partial charge in [-0.3, -0.25) is 14.8 Å². The molecule has 21 heavy (non-hydrogen) atoms. The summed E-state index contributed by atoms with van der Waals surface area (Å²) in [5.74, 6) is 0. The Kier molecular flexibility index (Phi) is 3.95. The standard InChI is InChI=1S/C14H14N2O4S/c1-10-3-4-12(9-11(10)2)15-21(19,20)14-7-5-13(6-8-14)16(17)18/h3-9,15H,1-2H3. The number of non-ortho nitro benzene ring substituents is 1. The maximum atomic E-state index is 12.2. The van der Waals surface area contributed by atoms with Crippen LogP contribution in [0.2, 0.25) is 0 Å². The highest BCUT2D eigenvalue weighted by atomic mass is 32.2. The average Bonchev–Trinajstić information content (AvgIpc) is 2.43. The second-order valence-corrected chi connectivity index (χ2v) is 6.34. The predicted octanol–water partition coefficient (Wildman–Crippen LogP) is 3.01. The van der Waals surface area contributed by atoms with Gasteiger partial charge in [0.25, 0.3) is 15.7 Å². The van der Waals surface area contributed by atoms with Crippen molar-refractivity contribution < 1.29 is 13.3 Å². The summed E-state index contributed by atoms with van der Waals surface area (Å²) < 4.78 is 26.8. The Hall–Kier alpha value is -2.41. The second-order valence-electron chi connectivity index (χ2n) is 4.66. The summed E-state index contributed by atoms with van der Waals surface area (Å²) in [6, 6.07) is 9.97. The minimum Gasteiger partial charge on any atom is -0.280 e. The van der Waals surface area contributed by atoms with Crippen molar-refractivity contribution in [2.45, 2.75) is 18.7 Å². The summed E-state index contributed by atoms with van der Waals surface area (Å²) in [5.41, 5.74) is 2.34. The lowest BCUT2D eigenvalue weighted by molar-refractivity contribution is -0.384. The number of nitro groups is 1. The van der Waals surface area contributed by atoms with Gasteiger partial charge in [-0.15, -0.1) is 0 Å². The lowest BCUT2D eigenvalue weighted by Gasteiger charge is -2.09. The molecule has 7 heteroatoms. The molecule has 0 spiro atoms. The molecule has 0 aliphatic rings. The molecule has 0 atom stereocenters. The minimum absolute atomic E-state index is 0.0219. The van der Waals surface area contributed by atoms with E-state index < -0.39 is 14.9 Å². The van der Waals surface area contributed by atoms with Crippen LogP contribution in [-0.2, 0) is 10.0 Å². The molecule has 2 aromatic carbocycles. The van der Waals surface area contributed by atoms with Gasteiger partial charge < -0.3 is 0 Å². The van der Waals surface area contributed by atoms with Gasteiger partial charge in [0.15, 0.2) is 0 Å². The summed E-state index contributed by atoms with van der Waals surface area (Å²) in [4.78, 5) is 9.96. The Morgan fingerprint density at radius 1 is 1.00 bits per heavy atom. The summed E-state index contributed by atoms with van der Waals surface area (Å²) in [6.45, 7) is 3.82. The first kappa shape index (κ1) is 15.0. The molecule has 6 nitrogen and oxygen atoms in total. The number of hydrogen-bond donors (Lipinski definition) is 1. The zero-order chi connectivity index (χ0) is 15.6. The fourth-order valence-corrected chi connectivity index (χ4v) is 2.82. The lowest BCUT2D eigenvalue weighted by atomic mass is 10.1. The average molecular weight is 306 g/mol. The molecule has 0 aliphatic carbocycles. The van der Waals surface area contributed by atoms with Crippen LogP contribution in [0.5, 0.6) is 0 Å². The number of sulfonamides is 1. The fraction of sp³-hybridized carbons (Fsp3) is 0.143. The van der Waals surface area contributed by atoms with Crippen LogP contribution < -0.4 is 4.72 Å². The number of rotatable bonds is 4. The van der Waals surface area contributed by atoms with Crippen molar-refractivity contribution in [3.8, 4) is 0 Å². The van der Waals surface area contributed by atoms with Gasteiger partial charge in [-0.25, -0.2) is 8.42 Å². The van der Waals surface area contributed by atoms with Gasteiger partial charge in [-0.1, -0.05) is 6.07 Å². The van der Waals surface area contributed by atoms with Gasteiger partial charge in [-0.05, 0) is 49.2 Å². The maximum absolute atomic E-state index is 12.2. The van der Waals surface area contributed by atoms with Crippen LogP contribution in [0.25, 0.3) is 0 Å². The first-order valence-corrected chi connectivity index (χ1v) is 7.62. The summed E-state index contributed by atoms with van der Waals surface area (Å²) in [7, 11) is -3.76. The van der Waals surface area contributed by atoms with E-state index in [1.165, 1.54) is 12.1 Å². The van der Waals surface area contributed by atoms with Crippen LogP contribution in [0.1, 0.15) is 11.1 Å². The van der Waals surface area contributed by atoms with Crippen molar-refractivity contribution in [2.24, 2.45) is 0 Å². The van der Waals surface area contributed by atoms with Crippen molar-refractivity contribution in [3.63, 3.8) is 0 Å². The van der Waals surface area contributed by atoms with Crippen molar-refractivity contribution in [1.29, 1.82) is 0 Å². The third kappa shape index (κ3) is 3.38. The zero-order valence-corrected chi connectivity index (χ0v) is 12.3. The number of benzene rings is 2. The molecule has 0 heterocycles. The minimum atomic E-state index is -3.76. The molecule has 0 bridgehead atoms. The normalized spacial score (nSPS) is 11.1. The molecule has 0 aliphatic heterocycles. The van der Waals surface area contributed by atoms with E-state index in [4.69, 9.17) is 0 Å². The summed E-state index contributed by atoms with van der Waals surface area (Å²) in [6.07, 6.45) is 0. The second kappa shape index (κ2) is 5.53. The van der Waals surface area contributed by atoms with Gasteiger partial charge in [0.05, 0.1) is 9.82 Å². The molecule has 0 saturated heterocycles. The molecule has 110 valence electrons. The highest BCUT2D eigenvalue weighted by molar-refractivity contribution is 7.92. The van der Waals surface area contributed by atoms with E-state index in [1.54, 1.807) is 12.1 Å². The third-order valence-corrected chi connectivity index (χ3v) is 4.51. The van der Waals surface area contributed by atoms with Crippen LogP contribution in [0.3, 0.4) is 0 Å². The van der Waals surface area contributed by atoms with Gasteiger partial charge >= 0.3 is 0 Å². The number of hydrogen-bond acceptors (Lipinski definition) is 4. The molecule has 1 N–H and O–H groups in total. The maximum Gasteiger partial charge on any atom is 0.269 e. The van der Waals surface area contributed by atoms with E-state index in [2.05, 4.69) is 4.72 Å². The van der Waals surface area contributed by atoms with E-state index >= 15 is 0 Å². The van der Waals surface area contributed by atoms with Crippen molar-refractivity contribution in [1.82, 2.24) is 0 Å². The molecule has 0 unspecified atom stereocenters. The Labute approximate surface area is 122 Å². The van der Waals surface area contributed by atoms with Crippen molar-refractivity contribution in [2.75, 3.05) is 4.72 Å². The first-order chi connectivity index (χ1) is 9.79. The summed E-state index contributed by atoms with van der Waals surface area (Å²) in [5, 5.41) is 10.6. The molecular formula is C14H14N2O4S. The van der Waals surface area contributed by atoms with Gasteiger partial charge in [-0.2, -0.15) is 0 Å². The molecule has 0 radical (unpaired) electrons. The highest BCUT2D eigenvalue weighted by Gasteiger charge is 2.16.